The summed E-state index contributed by atoms with van der Waals surface area (Å²) in [7, 11) is 1.64. The molecule has 4 aromatic rings. The highest BCUT2D eigenvalue weighted by Gasteiger charge is 2.14. The quantitative estimate of drug-likeness (QED) is 0.519. The molecule has 146 valence electrons. The molecule has 0 aliphatic rings. The first-order valence-electron chi connectivity index (χ1n) is 9.31. The van der Waals surface area contributed by atoms with E-state index in [1.165, 1.54) is 11.1 Å². The molecule has 0 saturated carbocycles. The molecule has 6 heteroatoms. The topological polar surface area (TPSA) is 82.2 Å². The van der Waals surface area contributed by atoms with Gasteiger partial charge in [-0.25, -0.2) is 4.98 Å². The number of fused-ring (bicyclic) bond motifs is 1. The minimum absolute atomic E-state index is 0.439. The number of amides is 1. The number of imidazole rings is 1. The third-order valence-corrected chi connectivity index (χ3v) is 4.97. The van der Waals surface area contributed by atoms with Gasteiger partial charge in [0.05, 0.1) is 24.7 Å². The minimum atomic E-state index is -0.468. The van der Waals surface area contributed by atoms with Crippen molar-refractivity contribution in [3.8, 4) is 5.75 Å². The molecule has 0 saturated heterocycles. The van der Waals surface area contributed by atoms with Gasteiger partial charge < -0.3 is 20.4 Å². The van der Waals surface area contributed by atoms with Gasteiger partial charge in [0.2, 0.25) is 11.9 Å². The highest BCUT2D eigenvalue weighted by Crippen LogP contribution is 2.26. The van der Waals surface area contributed by atoms with Crippen molar-refractivity contribution >= 4 is 28.6 Å². The first-order valence-corrected chi connectivity index (χ1v) is 9.31. The van der Waals surface area contributed by atoms with Crippen LogP contribution < -0.4 is 15.8 Å². The van der Waals surface area contributed by atoms with Gasteiger partial charge in [-0.3, -0.25) is 4.79 Å². The van der Waals surface area contributed by atoms with Gasteiger partial charge in [0.15, 0.2) is 0 Å². The van der Waals surface area contributed by atoms with Crippen LogP contribution in [0.25, 0.3) is 11.0 Å². The summed E-state index contributed by atoms with van der Waals surface area (Å²) in [6, 6.07) is 21.3. The number of anilines is 2. The minimum Gasteiger partial charge on any atom is -0.497 e. The third kappa shape index (κ3) is 3.78. The maximum absolute atomic E-state index is 11.6. The van der Waals surface area contributed by atoms with Crippen LogP contribution in [0.3, 0.4) is 0 Å². The number of carbonyl (C=O) groups is 1. The predicted molar refractivity (Wildman–Crippen MR) is 115 cm³/mol. The molecule has 0 unspecified atom stereocenters. The van der Waals surface area contributed by atoms with E-state index in [0.717, 1.165) is 17.0 Å². The molecule has 0 aliphatic heterocycles. The van der Waals surface area contributed by atoms with Crippen molar-refractivity contribution in [1.82, 2.24) is 9.55 Å². The lowest BCUT2D eigenvalue weighted by Gasteiger charge is -2.13. The van der Waals surface area contributed by atoms with Crippen molar-refractivity contribution < 1.29 is 9.53 Å². The number of nitrogens with one attached hydrogen (secondary N) is 1. The Bertz CT molecular complexity index is 1180. The van der Waals surface area contributed by atoms with Crippen molar-refractivity contribution in [3.05, 3.63) is 83.4 Å². The summed E-state index contributed by atoms with van der Waals surface area (Å²) in [5.74, 6) is 1.01. The molecule has 3 N–H and O–H groups in total. The number of aromatic nitrogens is 2. The number of aryl methyl sites for hydroxylation is 1. The van der Waals surface area contributed by atoms with Crippen LogP contribution >= 0.6 is 0 Å². The van der Waals surface area contributed by atoms with Crippen LogP contribution in [0.5, 0.6) is 5.75 Å². The zero-order valence-corrected chi connectivity index (χ0v) is 16.3. The van der Waals surface area contributed by atoms with E-state index in [1.807, 2.05) is 42.5 Å². The number of nitrogens with zero attached hydrogens (tertiary/aromatic N) is 2. The van der Waals surface area contributed by atoms with Crippen molar-refractivity contribution in [2.75, 3.05) is 12.4 Å². The SMILES string of the molecule is COc1ccc(Nc2nc3cc(C(N)=O)ccc3n2Cc2ccccc2C)cc1. The number of hydrogen-bond donors (Lipinski definition) is 2. The van der Waals surface area contributed by atoms with Crippen molar-refractivity contribution in [2.45, 2.75) is 13.5 Å². The van der Waals surface area contributed by atoms with Crippen LogP contribution in [0.15, 0.2) is 66.7 Å². The van der Waals surface area contributed by atoms with E-state index in [4.69, 9.17) is 15.5 Å². The number of ether oxygens (including phenoxy) is 1. The fourth-order valence-corrected chi connectivity index (χ4v) is 3.30. The molecule has 6 nitrogen and oxygen atoms in total. The molecule has 0 radical (unpaired) electrons. The van der Waals surface area contributed by atoms with Crippen LogP contribution in [0.2, 0.25) is 0 Å². The van der Waals surface area contributed by atoms with Gasteiger partial charge in [0.25, 0.3) is 0 Å². The molecule has 0 aliphatic carbocycles. The molecule has 0 atom stereocenters. The number of nitrogens with two attached hydrogens (primary N) is 1. The summed E-state index contributed by atoms with van der Waals surface area (Å²) in [6.07, 6.45) is 0. The number of carbonyl (C=O) groups excluding carboxylic acids is 1. The number of hydrogen-bond acceptors (Lipinski definition) is 4. The van der Waals surface area contributed by atoms with Crippen LogP contribution in [0.4, 0.5) is 11.6 Å². The Morgan fingerprint density at radius 3 is 2.55 bits per heavy atom. The van der Waals surface area contributed by atoms with E-state index in [0.29, 0.717) is 23.6 Å². The van der Waals surface area contributed by atoms with Gasteiger partial charge in [-0.1, -0.05) is 24.3 Å². The lowest BCUT2D eigenvalue weighted by Crippen LogP contribution is -2.10. The predicted octanol–water partition coefficient (Wildman–Crippen LogP) is 4.24. The average Bonchev–Trinajstić information content (AvgIpc) is 3.06. The Morgan fingerprint density at radius 1 is 1.10 bits per heavy atom. The maximum Gasteiger partial charge on any atom is 0.248 e. The number of benzene rings is 3. The Kier molecular flexibility index (Phi) is 4.91. The molecule has 0 bridgehead atoms. The summed E-state index contributed by atoms with van der Waals surface area (Å²) in [4.78, 5) is 16.3. The van der Waals surface area contributed by atoms with Gasteiger partial charge in [0, 0.05) is 11.3 Å². The molecule has 1 heterocycles. The number of primary amides is 1. The second kappa shape index (κ2) is 7.67. The molecule has 1 amide bonds. The molecular formula is C23H22N4O2. The Hall–Kier alpha value is -3.80. The van der Waals surface area contributed by atoms with Crippen LogP contribution in [0.1, 0.15) is 21.5 Å². The number of methoxy groups -OCH3 is 1. The van der Waals surface area contributed by atoms with E-state index in [2.05, 4.69) is 28.9 Å². The van der Waals surface area contributed by atoms with Gasteiger partial charge in [-0.15, -0.1) is 0 Å². The average molecular weight is 386 g/mol. The molecular weight excluding hydrogens is 364 g/mol. The Labute approximate surface area is 168 Å². The van der Waals surface area contributed by atoms with Crippen LogP contribution in [0, 0.1) is 6.92 Å². The van der Waals surface area contributed by atoms with Crippen LogP contribution in [-0.2, 0) is 6.54 Å². The lowest BCUT2D eigenvalue weighted by molar-refractivity contribution is 0.100. The highest BCUT2D eigenvalue weighted by atomic mass is 16.5. The first-order chi connectivity index (χ1) is 14.0. The largest absolute Gasteiger partial charge is 0.497 e. The zero-order valence-electron chi connectivity index (χ0n) is 16.3. The van der Waals surface area contributed by atoms with E-state index < -0.39 is 5.91 Å². The van der Waals surface area contributed by atoms with E-state index >= 15 is 0 Å². The van der Waals surface area contributed by atoms with Crippen molar-refractivity contribution in [1.29, 1.82) is 0 Å². The normalized spacial score (nSPS) is 10.8. The lowest BCUT2D eigenvalue weighted by atomic mass is 10.1. The molecule has 1 aromatic heterocycles. The highest BCUT2D eigenvalue weighted by molar-refractivity contribution is 5.96. The second-order valence-electron chi connectivity index (χ2n) is 6.87. The summed E-state index contributed by atoms with van der Waals surface area (Å²) in [5, 5.41) is 3.38. The van der Waals surface area contributed by atoms with Crippen LogP contribution in [-0.4, -0.2) is 22.6 Å². The Balaban J connectivity index is 1.79. The maximum atomic E-state index is 11.6. The molecule has 4 rings (SSSR count). The standard InChI is InChI=1S/C23H22N4O2/c1-15-5-3-4-6-17(15)14-27-21-12-7-16(22(24)28)13-20(21)26-23(27)25-18-8-10-19(29-2)11-9-18/h3-13H,14H2,1-2H3,(H2,24,28)(H,25,26). The van der Waals surface area contributed by atoms with E-state index in [-0.39, 0.29) is 0 Å². The fraction of sp³-hybridized carbons (Fsp3) is 0.130. The van der Waals surface area contributed by atoms with Gasteiger partial charge in [-0.2, -0.15) is 0 Å². The molecule has 0 fully saturated rings. The second-order valence-corrected chi connectivity index (χ2v) is 6.87. The molecule has 29 heavy (non-hydrogen) atoms. The summed E-state index contributed by atoms with van der Waals surface area (Å²) >= 11 is 0. The third-order valence-electron chi connectivity index (χ3n) is 4.97. The number of rotatable bonds is 6. The Morgan fingerprint density at radius 2 is 1.86 bits per heavy atom. The van der Waals surface area contributed by atoms with Crippen molar-refractivity contribution in [3.63, 3.8) is 0 Å². The zero-order chi connectivity index (χ0) is 20.4. The summed E-state index contributed by atoms with van der Waals surface area (Å²) in [5.41, 5.74) is 10.8. The first kappa shape index (κ1) is 18.6. The smallest absolute Gasteiger partial charge is 0.248 e. The van der Waals surface area contributed by atoms with E-state index in [1.54, 1.807) is 19.2 Å². The molecule has 0 spiro atoms. The summed E-state index contributed by atoms with van der Waals surface area (Å²) in [6.45, 7) is 2.74. The molecule has 3 aromatic carbocycles. The van der Waals surface area contributed by atoms with Gasteiger partial charge >= 0.3 is 0 Å². The van der Waals surface area contributed by atoms with Crippen molar-refractivity contribution in [2.24, 2.45) is 5.73 Å². The van der Waals surface area contributed by atoms with Gasteiger partial charge in [-0.05, 0) is 60.5 Å². The monoisotopic (exact) mass is 386 g/mol. The fourth-order valence-electron chi connectivity index (χ4n) is 3.30. The summed E-state index contributed by atoms with van der Waals surface area (Å²) < 4.78 is 7.33. The van der Waals surface area contributed by atoms with Gasteiger partial charge in [0.1, 0.15) is 5.75 Å². The van der Waals surface area contributed by atoms with E-state index in [9.17, 15) is 4.79 Å².